The van der Waals surface area contributed by atoms with Crippen LogP contribution >= 0.6 is 0 Å². The predicted molar refractivity (Wildman–Crippen MR) is 67.9 cm³/mol. The van der Waals surface area contributed by atoms with Gasteiger partial charge in [-0.25, -0.2) is 0 Å². The van der Waals surface area contributed by atoms with Crippen LogP contribution in [0.3, 0.4) is 0 Å². The van der Waals surface area contributed by atoms with Crippen molar-refractivity contribution in [2.24, 2.45) is 0 Å². The van der Waals surface area contributed by atoms with Gasteiger partial charge in [0.05, 0.1) is 5.41 Å². The summed E-state index contributed by atoms with van der Waals surface area (Å²) in [7, 11) is 0. The molecule has 3 nitrogen and oxygen atoms in total. The first-order valence-corrected chi connectivity index (χ1v) is 6.72. The average molecular weight is 246 g/mol. The normalized spacial score (nSPS) is 20.9. The maximum atomic E-state index is 11.5. The second-order valence-electron chi connectivity index (χ2n) is 5.59. The van der Waals surface area contributed by atoms with Crippen LogP contribution in [0.25, 0.3) is 0 Å². The second-order valence-corrected chi connectivity index (χ2v) is 5.59. The number of carbonyl (C=O) groups is 1. The lowest BCUT2D eigenvalue weighted by molar-refractivity contribution is -0.147. The number of phenols is 1. The first-order chi connectivity index (χ1) is 8.63. The van der Waals surface area contributed by atoms with E-state index in [1.165, 1.54) is 11.1 Å². The standard InChI is InChI=1S/C15H18O3/c16-13-9-11-5-2-1-4-10(11)8-12(13)15(14(17)18)6-3-7-15/h8-9,16H,1-7H2,(H,17,18). The first kappa shape index (κ1) is 11.6. The van der Waals surface area contributed by atoms with Gasteiger partial charge in [0, 0.05) is 5.56 Å². The number of carboxylic acid groups (broad SMARTS) is 1. The van der Waals surface area contributed by atoms with E-state index < -0.39 is 11.4 Å². The molecule has 0 bridgehead atoms. The van der Waals surface area contributed by atoms with Crippen molar-refractivity contribution in [3.05, 3.63) is 28.8 Å². The Labute approximate surface area is 106 Å². The highest BCUT2D eigenvalue weighted by Gasteiger charge is 2.47. The van der Waals surface area contributed by atoms with E-state index in [0.29, 0.717) is 18.4 Å². The highest BCUT2D eigenvalue weighted by Crippen LogP contribution is 2.48. The summed E-state index contributed by atoms with van der Waals surface area (Å²) in [6.07, 6.45) is 6.57. The summed E-state index contributed by atoms with van der Waals surface area (Å²) in [6.45, 7) is 0. The van der Waals surface area contributed by atoms with E-state index in [9.17, 15) is 15.0 Å². The highest BCUT2D eigenvalue weighted by atomic mass is 16.4. The van der Waals surface area contributed by atoms with E-state index in [0.717, 1.165) is 32.1 Å². The summed E-state index contributed by atoms with van der Waals surface area (Å²) in [5.41, 5.74) is 2.25. The lowest BCUT2D eigenvalue weighted by Crippen LogP contribution is -2.42. The van der Waals surface area contributed by atoms with Crippen LogP contribution in [0.1, 0.15) is 48.8 Å². The van der Waals surface area contributed by atoms with Crippen molar-refractivity contribution in [2.45, 2.75) is 50.4 Å². The number of rotatable bonds is 2. The van der Waals surface area contributed by atoms with Crippen molar-refractivity contribution in [2.75, 3.05) is 0 Å². The van der Waals surface area contributed by atoms with Crippen LogP contribution in [0.5, 0.6) is 5.75 Å². The van der Waals surface area contributed by atoms with Crippen molar-refractivity contribution in [1.82, 2.24) is 0 Å². The molecule has 2 N–H and O–H groups in total. The van der Waals surface area contributed by atoms with Gasteiger partial charge in [0.25, 0.3) is 0 Å². The largest absolute Gasteiger partial charge is 0.508 e. The number of phenolic OH excluding ortho intramolecular Hbond substituents is 1. The monoisotopic (exact) mass is 246 g/mol. The smallest absolute Gasteiger partial charge is 0.314 e. The number of aryl methyl sites for hydroxylation is 2. The summed E-state index contributed by atoms with van der Waals surface area (Å²) >= 11 is 0. The molecule has 0 aliphatic heterocycles. The van der Waals surface area contributed by atoms with Gasteiger partial charge in [-0.2, -0.15) is 0 Å². The van der Waals surface area contributed by atoms with Gasteiger partial charge in [-0.3, -0.25) is 4.79 Å². The number of hydrogen-bond donors (Lipinski definition) is 2. The molecule has 0 amide bonds. The molecule has 1 aromatic carbocycles. The molecule has 18 heavy (non-hydrogen) atoms. The Balaban J connectivity index is 2.09. The van der Waals surface area contributed by atoms with Gasteiger partial charge in [0.15, 0.2) is 0 Å². The third-order valence-electron chi connectivity index (χ3n) is 4.59. The molecule has 1 fully saturated rings. The fourth-order valence-electron chi connectivity index (χ4n) is 3.28. The van der Waals surface area contributed by atoms with Crippen LogP contribution in [0.4, 0.5) is 0 Å². The van der Waals surface area contributed by atoms with Gasteiger partial charge < -0.3 is 10.2 Å². The van der Waals surface area contributed by atoms with Crippen molar-refractivity contribution in [3.8, 4) is 5.75 Å². The van der Waals surface area contributed by atoms with E-state index >= 15 is 0 Å². The predicted octanol–water partition coefficient (Wildman–Crippen LogP) is 2.78. The molecule has 2 aliphatic carbocycles. The Morgan fingerprint density at radius 1 is 1.06 bits per heavy atom. The maximum absolute atomic E-state index is 11.5. The topological polar surface area (TPSA) is 57.5 Å². The lowest BCUT2D eigenvalue weighted by atomic mass is 9.63. The van der Waals surface area contributed by atoms with Crippen molar-refractivity contribution >= 4 is 5.97 Å². The quantitative estimate of drug-likeness (QED) is 0.843. The number of aromatic hydroxyl groups is 1. The average Bonchev–Trinajstić information content (AvgIpc) is 2.27. The molecule has 0 saturated heterocycles. The molecule has 0 spiro atoms. The Kier molecular flexibility index (Phi) is 2.58. The molecule has 3 heteroatoms. The summed E-state index contributed by atoms with van der Waals surface area (Å²) in [5, 5.41) is 19.6. The third-order valence-corrected chi connectivity index (χ3v) is 4.59. The van der Waals surface area contributed by atoms with Gasteiger partial charge >= 0.3 is 5.97 Å². The Hall–Kier alpha value is -1.51. The van der Waals surface area contributed by atoms with Gasteiger partial charge in [0.2, 0.25) is 0 Å². The van der Waals surface area contributed by atoms with Gasteiger partial charge in [-0.1, -0.05) is 12.5 Å². The first-order valence-electron chi connectivity index (χ1n) is 6.72. The van der Waals surface area contributed by atoms with Crippen LogP contribution in [0.15, 0.2) is 12.1 Å². The zero-order valence-electron chi connectivity index (χ0n) is 10.4. The summed E-state index contributed by atoms with van der Waals surface area (Å²) in [5.74, 6) is -0.613. The molecule has 2 aliphatic rings. The molecule has 1 aromatic rings. The number of carboxylic acids is 1. The number of hydrogen-bond acceptors (Lipinski definition) is 2. The molecule has 0 radical (unpaired) electrons. The maximum Gasteiger partial charge on any atom is 0.314 e. The summed E-state index contributed by atoms with van der Waals surface area (Å²) < 4.78 is 0. The van der Waals surface area contributed by atoms with E-state index in [-0.39, 0.29) is 5.75 Å². The molecular weight excluding hydrogens is 228 g/mol. The van der Waals surface area contributed by atoms with Crippen LogP contribution in [0.2, 0.25) is 0 Å². The highest BCUT2D eigenvalue weighted by molar-refractivity contribution is 5.84. The Bertz CT molecular complexity index is 501. The molecule has 3 rings (SSSR count). The molecule has 0 aromatic heterocycles. The van der Waals surface area contributed by atoms with Gasteiger partial charge in [0.1, 0.15) is 5.75 Å². The zero-order valence-corrected chi connectivity index (χ0v) is 10.4. The van der Waals surface area contributed by atoms with E-state index in [4.69, 9.17) is 0 Å². The van der Waals surface area contributed by atoms with Crippen molar-refractivity contribution in [3.63, 3.8) is 0 Å². The second kappa shape index (κ2) is 4.01. The van der Waals surface area contributed by atoms with E-state index in [1.54, 1.807) is 6.07 Å². The molecule has 1 saturated carbocycles. The zero-order chi connectivity index (χ0) is 12.8. The summed E-state index contributed by atoms with van der Waals surface area (Å²) in [4.78, 5) is 11.5. The lowest BCUT2D eigenvalue weighted by Gasteiger charge is -2.39. The van der Waals surface area contributed by atoms with Crippen molar-refractivity contribution in [1.29, 1.82) is 0 Å². The Morgan fingerprint density at radius 3 is 2.17 bits per heavy atom. The van der Waals surface area contributed by atoms with Gasteiger partial charge in [-0.15, -0.1) is 0 Å². The van der Waals surface area contributed by atoms with Crippen molar-refractivity contribution < 1.29 is 15.0 Å². The minimum atomic E-state index is -0.823. The number of fused-ring (bicyclic) bond motifs is 1. The minimum absolute atomic E-state index is 0.178. The van der Waals surface area contributed by atoms with Crippen LogP contribution in [-0.4, -0.2) is 16.2 Å². The minimum Gasteiger partial charge on any atom is -0.508 e. The van der Waals surface area contributed by atoms with Crippen LogP contribution < -0.4 is 0 Å². The number of benzene rings is 1. The molecule has 0 heterocycles. The third kappa shape index (κ3) is 1.53. The SMILES string of the molecule is O=C(O)C1(c2cc3c(cc2O)CCCC3)CCC1. The van der Waals surface area contributed by atoms with Gasteiger partial charge in [-0.05, 0) is 55.7 Å². The number of aliphatic carboxylic acids is 1. The Morgan fingerprint density at radius 2 is 1.67 bits per heavy atom. The fourth-order valence-corrected chi connectivity index (χ4v) is 3.28. The van der Waals surface area contributed by atoms with Crippen LogP contribution in [-0.2, 0) is 23.1 Å². The fraction of sp³-hybridized carbons (Fsp3) is 0.533. The van der Waals surface area contributed by atoms with Crippen LogP contribution in [0, 0.1) is 0 Å². The van der Waals surface area contributed by atoms with E-state index in [2.05, 4.69) is 0 Å². The van der Waals surface area contributed by atoms with E-state index in [1.807, 2.05) is 6.07 Å². The molecule has 96 valence electrons. The molecule has 0 atom stereocenters. The molecular formula is C15H18O3. The molecule has 0 unspecified atom stereocenters. The summed E-state index contributed by atoms with van der Waals surface area (Å²) in [6, 6.07) is 3.75.